The Kier molecular flexibility index (Phi) is 5.68. The summed E-state index contributed by atoms with van der Waals surface area (Å²) in [4.78, 5) is 31.3. The van der Waals surface area contributed by atoms with Crippen LogP contribution in [0.4, 0.5) is 0 Å². The standard InChI is InChI=1S/C16H14N4O3S/c1-3-9-23-16(22)11(10-17)15-20(4-2)14(21)12(24-15)5-6-13-18-7-8-19-13/h3,6-8H,1,4,9H2,2H3,(H,18,19)/b15-11-. The van der Waals surface area contributed by atoms with Crippen molar-refractivity contribution in [2.24, 2.45) is 0 Å². The highest BCUT2D eigenvalue weighted by Crippen LogP contribution is 1.97. The van der Waals surface area contributed by atoms with E-state index in [9.17, 15) is 14.9 Å². The molecule has 0 radical (unpaired) electrons. The number of carbonyl (C=O) groups excluding carboxylic acids is 1. The van der Waals surface area contributed by atoms with E-state index in [-0.39, 0.29) is 26.9 Å². The predicted octanol–water partition coefficient (Wildman–Crippen LogP) is 0.149. The highest BCUT2D eigenvalue weighted by atomic mass is 32.1. The quantitative estimate of drug-likeness (QED) is 0.616. The number of nitriles is 1. The molecular formula is C16H14N4O3S. The molecule has 8 heteroatoms. The third kappa shape index (κ3) is 3.60. The van der Waals surface area contributed by atoms with Gasteiger partial charge in [-0.15, -0.1) is 11.3 Å². The molecular weight excluding hydrogens is 328 g/mol. The third-order valence-electron chi connectivity index (χ3n) is 2.92. The van der Waals surface area contributed by atoms with Crippen LogP contribution in [0, 0.1) is 11.3 Å². The van der Waals surface area contributed by atoms with Gasteiger partial charge < -0.3 is 9.72 Å². The summed E-state index contributed by atoms with van der Waals surface area (Å²) in [5, 5.41) is 9.28. The zero-order valence-corrected chi connectivity index (χ0v) is 13.7. The molecule has 1 N–H and O–H groups in total. The number of ether oxygens (including phenoxy) is 1. The van der Waals surface area contributed by atoms with Crippen LogP contribution >= 0.6 is 11.3 Å². The monoisotopic (exact) mass is 342 g/mol. The Labute approximate surface area is 141 Å². The minimum Gasteiger partial charge on any atom is -0.457 e. The molecule has 0 aliphatic rings. The summed E-state index contributed by atoms with van der Waals surface area (Å²) in [6.45, 7) is 5.50. The van der Waals surface area contributed by atoms with Crippen LogP contribution in [0.25, 0.3) is 17.4 Å². The van der Waals surface area contributed by atoms with Gasteiger partial charge in [0, 0.05) is 25.0 Å². The van der Waals surface area contributed by atoms with E-state index in [1.54, 1.807) is 19.3 Å². The summed E-state index contributed by atoms with van der Waals surface area (Å²) in [5.41, 5.74) is 2.30. The summed E-state index contributed by atoms with van der Waals surface area (Å²) in [6, 6.07) is 1.81. The van der Waals surface area contributed by atoms with E-state index in [1.165, 1.54) is 16.7 Å². The topological polar surface area (TPSA) is 101 Å². The Balaban J connectivity index is 2.70. The largest absolute Gasteiger partial charge is 0.457 e. The van der Waals surface area contributed by atoms with E-state index in [2.05, 4.69) is 22.3 Å². The molecule has 2 rings (SSSR count). The lowest BCUT2D eigenvalue weighted by Gasteiger charge is -2.00. The minimum atomic E-state index is -0.789. The van der Waals surface area contributed by atoms with Gasteiger partial charge in [-0.3, -0.25) is 9.36 Å². The van der Waals surface area contributed by atoms with E-state index >= 15 is 0 Å². The summed E-state index contributed by atoms with van der Waals surface area (Å²) in [6.07, 6.45) is 6.16. The zero-order chi connectivity index (χ0) is 17.5. The van der Waals surface area contributed by atoms with Gasteiger partial charge in [-0.1, -0.05) is 18.4 Å². The Morgan fingerprint density at radius 1 is 1.62 bits per heavy atom. The van der Waals surface area contributed by atoms with Crippen molar-refractivity contribution in [3.63, 3.8) is 0 Å². The van der Waals surface area contributed by atoms with Crippen molar-refractivity contribution < 1.29 is 9.53 Å². The lowest BCUT2D eigenvalue weighted by molar-refractivity contribution is -0.135. The predicted molar refractivity (Wildman–Crippen MR) is 90.1 cm³/mol. The average molecular weight is 342 g/mol. The van der Waals surface area contributed by atoms with Crippen LogP contribution in [0.1, 0.15) is 12.7 Å². The first kappa shape index (κ1) is 17.2. The Morgan fingerprint density at radius 2 is 2.42 bits per heavy atom. The van der Waals surface area contributed by atoms with Crippen LogP contribution in [0.15, 0.2) is 29.8 Å². The molecule has 0 saturated carbocycles. The smallest absolute Gasteiger partial charge is 0.352 e. The zero-order valence-electron chi connectivity index (χ0n) is 12.9. The van der Waals surface area contributed by atoms with Crippen molar-refractivity contribution in [1.82, 2.24) is 14.5 Å². The molecule has 0 aromatic carbocycles. The number of carbonyl (C=O) groups is 1. The van der Waals surface area contributed by atoms with Crippen LogP contribution in [-0.4, -0.2) is 27.1 Å². The Morgan fingerprint density at radius 3 is 3.00 bits per heavy atom. The molecule has 2 heterocycles. The fourth-order valence-electron chi connectivity index (χ4n) is 1.85. The van der Waals surface area contributed by atoms with Gasteiger partial charge in [0.1, 0.15) is 27.7 Å². The van der Waals surface area contributed by atoms with Crippen LogP contribution < -0.4 is 14.8 Å². The Hall–Kier alpha value is -3.14. The van der Waals surface area contributed by atoms with Crippen molar-refractivity contribution >= 4 is 34.7 Å². The molecule has 0 bridgehead atoms. The number of nitrogens with zero attached hydrogens (tertiary/aromatic N) is 3. The lowest BCUT2D eigenvalue weighted by Crippen LogP contribution is -2.32. The molecule has 0 fully saturated rings. The van der Waals surface area contributed by atoms with Gasteiger partial charge in [-0.05, 0) is 6.92 Å². The molecule has 122 valence electrons. The maximum Gasteiger partial charge on any atom is 0.352 e. The molecule has 7 nitrogen and oxygen atoms in total. The summed E-state index contributed by atoms with van der Waals surface area (Å²) >= 11 is 1.01. The first-order chi connectivity index (χ1) is 11.6. The van der Waals surface area contributed by atoms with Gasteiger partial charge in [0.05, 0.1) is 0 Å². The molecule has 0 aliphatic carbocycles. The summed E-state index contributed by atoms with van der Waals surface area (Å²) in [7, 11) is 0. The fourth-order valence-corrected chi connectivity index (χ4v) is 2.91. The number of thiazole rings is 1. The third-order valence-corrected chi connectivity index (χ3v) is 4.04. The van der Waals surface area contributed by atoms with Gasteiger partial charge in [0.25, 0.3) is 5.56 Å². The molecule has 0 unspecified atom stereocenters. The van der Waals surface area contributed by atoms with E-state index in [1.807, 2.05) is 6.07 Å². The number of aromatic nitrogens is 3. The van der Waals surface area contributed by atoms with Gasteiger partial charge >= 0.3 is 5.97 Å². The van der Waals surface area contributed by atoms with E-state index in [4.69, 9.17) is 4.74 Å². The number of hydrogen-bond donors (Lipinski definition) is 1. The number of hydrogen-bond acceptors (Lipinski definition) is 6. The van der Waals surface area contributed by atoms with Crippen molar-refractivity contribution in [2.75, 3.05) is 6.61 Å². The second kappa shape index (κ2) is 7.92. The number of H-pyrrole nitrogens is 1. The van der Waals surface area contributed by atoms with Gasteiger partial charge in [-0.2, -0.15) is 5.26 Å². The molecule has 0 aliphatic heterocycles. The molecule has 2 aromatic heterocycles. The molecule has 24 heavy (non-hydrogen) atoms. The van der Waals surface area contributed by atoms with Crippen molar-refractivity contribution in [2.45, 2.75) is 13.5 Å². The lowest BCUT2D eigenvalue weighted by atomic mass is 10.3. The number of imidazole rings is 1. The van der Waals surface area contributed by atoms with Crippen LogP contribution in [-0.2, 0) is 16.1 Å². The van der Waals surface area contributed by atoms with Crippen LogP contribution in [0.5, 0.6) is 0 Å². The Bertz CT molecular complexity index is 999. The summed E-state index contributed by atoms with van der Waals surface area (Å²) in [5.74, 6) is -0.246. The van der Waals surface area contributed by atoms with E-state index < -0.39 is 5.97 Å². The second-order valence-electron chi connectivity index (χ2n) is 4.42. The number of nitrogens with one attached hydrogen (secondary N) is 1. The molecule has 0 saturated heterocycles. The maximum atomic E-state index is 12.4. The van der Waals surface area contributed by atoms with Gasteiger partial charge in [0.2, 0.25) is 0 Å². The minimum absolute atomic E-state index is 0.0108. The molecule has 0 atom stereocenters. The highest BCUT2D eigenvalue weighted by Gasteiger charge is 2.16. The van der Waals surface area contributed by atoms with Crippen LogP contribution in [0.2, 0.25) is 0 Å². The normalized spacial score (nSPS) is 11.2. The first-order valence-corrected chi connectivity index (χ1v) is 7.82. The molecule has 0 amide bonds. The van der Waals surface area contributed by atoms with E-state index in [0.717, 1.165) is 11.3 Å². The van der Waals surface area contributed by atoms with Gasteiger partial charge in [-0.25, -0.2) is 9.78 Å². The first-order valence-electron chi connectivity index (χ1n) is 7.00. The van der Waals surface area contributed by atoms with Crippen molar-refractivity contribution in [1.29, 1.82) is 5.26 Å². The molecule has 0 spiro atoms. The van der Waals surface area contributed by atoms with Crippen molar-refractivity contribution in [3.05, 3.63) is 50.4 Å². The van der Waals surface area contributed by atoms with Crippen molar-refractivity contribution in [3.8, 4) is 6.07 Å². The van der Waals surface area contributed by atoms with E-state index in [0.29, 0.717) is 12.4 Å². The van der Waals surface area contributed by atoms with Gasteiger partial charge in [0.15, 0.2) is 5.57 Å². The average Bonchev–Trinajstić information content (AvgIpc) is 3.20. The number of esters is 1. The summed E-state index contributed by atoms with van der Waals surface area (Å²) < 4.78 is 6.76. The number of rotatable bonds is 5. The highest BCUT2D eigenvalue weighted by molar-refractivity contribution is 7.07. The fraction of sp³-hybridized carbons (Fsp3) is 0.188. The number of aromatic amines is 1. The maximum absolute atomic E-state index is 12.4. The van der Waals surface area contributed by atoms with Crippen LogP contribution in [0.3, 0.4) is 0 Å². The molecule has 2 aromatic rings. The SMILES string of the molecule is C=CCOC(=O)/C(C#N)=c1\sc(=C=Cc2ncc[nH]2)c(=O)n1CC. The second-order valence-corrected chi connectivity index (χ2v) is 5.42.